The predicted molar refractivity (Wildman–Crippen MR) is 147 cm³/mol. The Hall–Kier alpha value is -3.36. The summed E-state index contributed by atoms with van der Waals surface area (Å²) in [5.41, 5.74) is -1.21. The van der Waals surface area contributed by atoms with Crippen molar-refractivity contribution in [3.63, 3.8) is 0 Å². The summed E-state index contributed by atoms with van der Waals surface area (Å²) in [5.74, 6) is -1.46. The minimum absolute atomic E-state index is 0.0526. The molecule has 4 heterocycles. The number of carbonyl (C=O) groups is 1. The fourth-order valence-electron chi connectivity index (χ4n) is 4.87. The summed E-state index contributed by atoms with van der Waals surface area (Å²) in [6.45, 7) is 2.40. The van der Waals surface area contributed by atoms with Crippen LogP contribution in [0.25, 0.3) is 0 Å². The maximum atomic E-state index is 13.7. The Morgan fingerprint density at radius 1 is 0.927 bits per heavy atom. The van der Waals surface area contributed by atoms with E-state index < -0.39 is 33.6 Å². The number of halogens is 4. The van der Waals surface area contributed by atoms with Crippen molar-refractivity contribution < 1.29 is 30.8 Å². The lowest BCUT2D eigenvalue weighted by Crippen LogP contribution is -2.35. The molecule has 0 spiro atoms. The molecule has 2 saturated heterocycles. The summed E-state index contributed by atoms with van der Waals surface area (Å²) in [4.78, 5) is 24.3. The van der Waals surface area contributed by atoms with Crippen LogP contribution in [0.1, 0.15) is 41.9 Å². The van der Waals surface area contributed by atoms with Gasteiger partial charge in [-0.3, -0.25) is 4.79 Å². The SMILES string of the molecule is O=C(Nc1ccc(N2CCCN(S(=O)(=O)c3ccccc3Cl)CC2)nc1)c1oc(N2CCCCC2)nc1C(F)(F)F. The lowest BCUT2D eigenvalue weighted by atomic mass is 10.1. The first kappa shape index (κ1) is 29.1. The van der Waals surface area contributed by atoms with Gasteiger partial charge in [-0.15, -0.1) is 0 Å². The van der Waals surface area contributed by atoms with Crippen LogP contribution in [-0.2, 0) is 16.2 Å². The minimum atomic E-state index is -4.87. The van der Waals surface area contributed by atoms with Crippen LogP contribution in [-0.4, -0.2) is 67.9 Å². The average Bonchev–Trinajstić information content (AvgIpc) is 3.27. The summed E-state index contributed by atoms with van der Waals surface area (Å²) in [7, 11) is -3.78. The number of hydrogen-bond donors (Lipinski definition) is 1. The Kier molecular flexibility index (Phi) is 8.43. The summed E-state index contributed by atoms with van der Waals surface area (Å²) in [6, 6.07) is 9.19. The van der Waals surface area contributed by atoms with Crippen molar-refractivity contribution in [3.8, 4) is 0 Å². The Balaban J connectivity index is 1.26. The largest absolute Gasteiger partial charge is 0.437 e. The van der Waals surface area contributed by atoms with Gasteiger partial charge in [0.1, 0.15) is 10.7 Å². The highest BCUT2D eigenvalue weighted by Gasteiger charge is 2.42. The standard InChI is InChI=1S/C26H28ClF3N6O4S/c27-19-7-2-3-8-20(19)41(38,39)36-14-6-13-34(15-16-36)21-10-9-18(17-31-21)32-24(37)22-23(26(28,29)30)33-25(40-22)35-11-4-1-5-12-35/h2-3,7-10,17H,1,4-6,11-16H2,(H,32,37). The number of sulfonamides is 1. The molecular weight excluding hydrogens is 585 g/mol. The second-order valence-electron chi connectivity index (χ2n) is 9.75. The highest BCUT2D eigenvalue weighted by Crippen LogP contribution is 2.35. The van der Waals surface area contributed by atoms with Crippen LogP contribution in [0.4, 0.5) is 30.7 Å². The first-order chi connectivity index (χ1) is 19.5. The number of hydrogen-bond acceptors (Lipinski definition) is 8. The first-order valence-corrected chi connectivity index (χ1v) is 15.0. The van der Waals surface area contributed by atoms with Crippen LogP contribution < -0.4 is 15.1 Å². The van der Waals surface area contributed by atoms with E-state index in [1.807, 2.05) is 4.90 Å². The molecular formula is C26H28ClF3N6O4S. The Morgan fingerprint density at radius 3 is 2.34 bits per heavy atom. The second kappa shape index (κ2) is 11.9. The number of benzene rings is 1. The number of nitrogens with one attached hydrogen (secondary N) is 1. The van der Waals surface area contributed by atoms with E-state index in [0.717, 1.165) is 19.3 Å². The number of aromatic nitrogens is 2. The number of rotatable bonds is 6. The lowest BCUT2D eigenvalue weighted by Gasteiger charge is -2.24. The molecule has 2 fully saturated rings. The molecule has 1 aromatic carbocycles. The topological polar surface area (TPSA) is 112 Å². The van der Waals surface area contributed by atoms with Crippen molar-refractivity contribution in [2.45, 2.75) is 36.8 Å². The summed E-state index contributed by atoms with van der Waals surface area (Å²) in [5, 5.41) is 2.56. The monoisotopic (exact) mass is 612 g/mol. The fourth-order valence-corrected chi connectivity index (χ4v) is 6.83. The van der Waals surface area contributed by atoms with Crippen molar-refractivity contribution in [2.75, 3.05) is 54.4 Å². The zero-order valence-corrected chi connectivity index (χ0v) is 23.5. The fraction of sp³-hybridized carbons (Fsp3) is 0.423. The van der Waals surface area contributed by atoms with E-state index in [2.05, 4.69) is 15.3 Å². The summed E-state index contributed by atoms with van der Waals surface area (Å²) < 4.78 is 73.9. The van der Waals surface area contributed by atoms with Gasteiger partial charge in [0, 0.05) is 39.3 Å². The van der Waals surface area contributed by atoms with E-state index in [1.165, 1.54) is 28.7 Å². The smallest absolute Gasteiger partial charge is 0.417 e. The van der Waals surface area contributed by atoms with Crippen molar-refractivity contribution in [2.24, 2.45) is 0 Å². The van der Waals surface area contributed by atoms with Crippen LogP contribution in [0.3, 0.4) is 0 Å². The molecule has 2 aliphatic heterocycles. The number of amides is 1. The van der Waals surface area contributed by atoms with E-state index >= 15 is 0 Å². The molecule has 0 atom stereocenters. The van der Waals surface area contributed by atoms with E-state index in [-0.39, 0.29) is 28.2 Å². The van der Waals surface area contributed by atoms with Crippen LogP contribution >= 0.6 is 11.6 Å². The predicted octanol–water partition coefficient (Wildman–Crippen LogP) is 4.89. The highest BCUT2D eigenvalue weighted by atomic mass is 35.5. The van der Waals surface area contributed by atoms with E-state index in [9.17, 15) is 26.4 Å². The molecule has 0 unspecified atom stereocenters. The average molecular weight is 613 g/mol. The number of pyridine rings is 1. The third-order valence-corrected chi connectivity index (χ3v) is 9.35. The Labute approximate surface area is 240 Å². The summed E-state index contributed by atoms with van der Waals surface area (Å²) in [6.07, 6.45) is -0.436. The molecule has 3 aromatic rings. The molecule has 0 bridgehead atoms. The molecule has 2 aliphatic rings. The van der Waals surface area contributed by atoms with Gasteiger partial charge >= 0.3 is 6.18 Å². The van der Waals surface area contributed by atoms with Gasteiger partial charge in [0.05, 0.1) is 16.9 Å². The zero-order chi connectivity index (χ0) is 29.2. The minimum Gasteiger partial charge on any atom is -0.417 e. The van der Waals surface area contributed by atoms with Crippen molar-refractivity contribution in [1.82, 2.24) is 14.3 Å². The number of anilines is 3. The number of nitrogens with zero attached hydrogens (tertiary/aromatic N) is 5. The van der Waals surface area contributed by atoms with Gasteiger partial charge in [-0.1, -0.05) is 23.7 Å². The molecule has 220 valence electrons. The van der Waals surface area contributed by atoms with Gasteiger partial charge in [0.2, 0.25) is 15.8 Å². The van der Waals surface area contributed by atoms with Gasteiger partial charge in [-0.25, -0.2) is 13.4 Å². The third kappa shape index (κ3) is 6.44. The lowest BCUT2D eigenvalue weighted by molar-refractivity contribution is -0.141. The van der Waals surface area contributed by atoms with Crippen molar-refractivity contribution >= 4 is 45.1 Å². The van der Waals surface area contributed by atoms with Crippen molar-refractivity contribution in [1.29, 1.82) is 0 Å². The van der Waals surface area contributed by atoms with Crippen molar-refractivity contribution in [3.05, 3.63) is 59.1 Å². The third-order valence-electron chi connectivity index (χ3n) is 6.96. The molecule has 0 aliphatic carbocycles. The molecule has 2 aromatic heterocycles. The molecule has 5 rings (SSSR count). The normalized spacial score (nSPS) is 17.4. The summed E-state index contributed by atoms with van der Waals surface area (Å²) >= 11 is 6.13. The van der Waals surface area contributed by atoms with Gasteiger partial charge < -0.3 is 19.5 Å². The van der Waals surface area contributed by atoms with Crippen LogP contribution in [0.2, 0.25) is 5.02 Å². The Morgan fingerprint density at radius 2 is 1.66 bits per heavy atom. The second-order valence-corrected chi connectivity index (χ2v) is 12.1. The zero-order valence-electron chi connectivity index (χ0n) is 21.9. The maximum absolute atomic E-state index is 13.7. The highest BCUT2D eigenvalue weighted by molar-refractivity contribution is 7.89. The van der Waals surface area contributed by atoms with E-state index in [4.69, 9.17) is 16.0 Å². The number of carbonyl (C=O) groups excluding carboxylic acids is 1. The number of alkyl halides is 3. The molecule has 15 heteroatoms. The Bertz CT molecular complexity index is 1490. The quantitative estimate of drug-likeness (QED) is 0.419. The van der Waals surface area contributed by atoms with Gasteiger partial charge in [-0.2, -0.15) is 22.5 Å². The molecule has 1 amide bonds. The molecule has 1 N–H and O–H groups in total. The molecule has 0 radical (unpaired) electrons. The van der Waals surface area contributed by atoms with Gasteiger partial charge in [0.15, 0.2) is 5.69 Å². The molecule has 10 nitrogen and oxygen atoms in total. The van der Waals surface area contributed by atoms with E-state index in [0.29, 0.717) is 45.0 Å². The van der Waals surface area contributed by atoms with Crippen LogP contribution in [0.15, 0.2) is 51.9 Å². The number of oxazole rings is 1. The molecule has 0 saturated carbocycles. The molecule has 41 heavy (non-hydrogen) atoms. The van der Waals surface area contributed by atoms with Crippen LogP contribution in [0, 0.1) is 0 Å². The van der Waals surface area contributed by atoms with Crippen LogP contribution in [0.5, 0.6) is 0 Å². The van der Waals surface area contributed by atoms with Gasteiger partial charge in [0.25, 0.3) is 11.9 Å². The number of piperidine rings is 1. The van der Waals surface area contributed by atoms with Gasteiger partial charge in [-0.05, 0) is 49.9 Å². The van der Waals surface area contributed by atoms with E-state index in [1.54, 1.807) is 23.1 Å². The maximum Gasteiger partial charge on any atom is 0.437 e. The first-order valence-electron chi connectivity index (χ1n) is 13.1.